The largest absolute Gasteiger partial charge is 0.394 e. The van der Waals surface area contributed by atoms with Crippen LogP contribution in [0.5, 0.6) is 0 Å². The van der Waals surface area contributed by atoms with Crippen LogP contribution in [0.4, 0.5) is 18.0 Å². The number of aliphatic hydroxyl groups excluding tert-OH is 1. The number of rotatable bonds is 4. The average molecular weight is 407 g/mol. The van der Waals surface area contributed by atoms with Crippen molar-refractivity contribution >= 4 is 22.0 Å². The molecule has 0 aliphatic heterocycles. The first kappa shape index (κ1) is 17.5. The van der Waals surface area contributed by atoms with Crippen molar-refractivity contribution in [3.05, 3.63) is 34.3 Å². The summed E-state index contributed by atoms with van der Waals surface area (Å²) >= 11 is 3.32. The molecule has 4 nitrogen and oxygen atoms in total. The van der Waals surface area contributed by atoms with Crippen LogP contribution in [0.25, 0.3) is 0 Å². The van der Waals surface area contributed by atoms with Crippen LogP contribution in [-0.4, -0.2) is 29.5 Å². The smallest absolute Gasteiger partial charge is 0.392 e. The summed E-state index contributed by atoms with van der Waals surface area (Å²) in [5.74, 6) is -1.71. The van der Waals surface area contributed by atoms with Gasteiger partial charge in [0.1, 0.15) is 0 Å². The maximum atomic E-state index is 12.9. The van der Waals surface area contributed by atoms with Crippen LogP contribution >= 0.6 is 15.9 Å². The molecule has 3 aliphatic rings. The number of carbonyl (C=O) groups excluding carboxylic acids is 1. The second-order valence-corrected chi connectivity index (χ2v) is 7.61. The molecule has 132 valence electrons. The molecule has 2 bridgehead atoms. The fourth-order valence-corrected chi connectivity index (χ4v) is 4.33. The zero-order chi connectivity index (χ0) is 17.5. The van der Waals surface area contributed by atoms with Gasteiger partial charge in [0.05, 0.1) is 18.6 Å². The monoisotopic (exact) mass is 406 g/mol. The van der Waals surface area contributed by atoms with Crippen molar-refractivity contribution < 1.29 is 23.1 Å². The number of fused-ring (bicyclic) bond motifs is 1. The van der Waals surface area contributed by atoms with Crippen LogP contribution in [-0.2, 0) is 0 Å². The van der Waals surface area contributed by atoms with E-state index in [4.69, 9.17) is 0 Å². The van der Waals surface area contributed by atoms with Crippen molar-refractivity contribution in [1.82, 2.24) is 10.6 Å². The molecule has 1 unspecified atom stereocenters. The Morgan fingerprint density at radius 2 is 2.08 bits per heavy atom. The van der Waals surface area contributed by atoms with Crippen LogP contribution in [0.3, 0.4) is 0 Å². The molecule has 24 heavy (non-hydrogen) atoms. The zero-order valence-electron chi connectivity index (χ0n) is 12.7. The highest BCUT2D eigenvalue weighted by molar-refractivity contribution is 9.10. The lowest BCUT2D eigenvalue weighted by atomic mass is 9.76. The van der Waals surface area contributed by atoms with Crippen LogP contribution in [0.2, 0.25) is 0 Å². The van der Waals surface area contributed by atoms with Gasteiger partial charge in [0, 0.05) is 10.0 Å². The summed E-state index contributed by atoms with van der Waals surface area (Å²) in [7, 11) is 0. The average Bonchev–Trinajstić information content (AvgIpc) is 3.00. The number of carbonyl (C=O) groups is 1. The van der Waals surface area contributed by atoms with Gasteiger partial charge in [-0.15, -0.1) is 0 Å². The van der Waals surface area contributed by atoms with Crippen molar-refractivity contribution in [2.24, 2.45) is 11.8 Å². The van der Waals surface area contributed by atoms with Gasteiger partial charge in [-0.2, -0.15) is 13.2 Å². The summed E-state index contributed by atoms with van der Waals surface area (Å²) < 4.78 is 39.5. The second-order valence-electron chi connectivity index (χ2n) is 6.69. The van der Waals surface area contributed by atoms with Crippen LogP contribution in [0.15, 0.2) is 28.7 Å². The number of hydrogen-bond donors (Lipinski definition) is 3. The molecule has 8 heteroatoms. The number of urea groups is 1. The minimum Gasteiger partial charge on any atom is -0.394 e. The fourth-order valence-electron chi connectivity index (χ4n) is 3.91. The molecule has 3 N–H and O–H groups in total. The van der Waals surface area contributed by atoms with Crippen molar-refractivity contribution in [3.63, 3.8) is 0 Å². The van der Waals surface area contributed by atoms with Gasteiger partial charge in [-0.25, -0.2) is 4.79 Å². The van der Waals surface area contributed by atoms with Gasteiger partial charge in [-0.05, 0) is 42.9 Å². The third-order valence-corrected chi connectivity index (χ3v) is 5.52. The topological polar surface area (TPSA) is 61.4 Å². The predicted octanol–water partition coefficient (Wildman–Crippen LogP) is 3.51. The fraction of sp³-hybridized carbons (Fsp3) is 0.562. The van der Waals surface area contributed by atoms with Gasteiger partial charge in [0.15, 0.2) is 0 Å². The minimum absolute atomic E-state index is 0.0603. The maximum Gasteiger partial charge on any atom is 0.392 e. The first-order valence-corrected chi connectivity index (χ1v) is 8.53. The molecule has 0 saturated heterocycles. The van der Waals surface area contributed by atoms with E-state index in [9.17, 15) is 23.1 Å². The molecule has 2 amide bonds. The van der Waals surface area contributed by atoms with Crippen molar-refractivity contribution in [3.8, 4) is 0 Å². The highest BCUT2D eigenvalue weighted by atomic mass is 79.9. The minimum atomic E-state index is -4.20. The SMILES string of the molecule is O=C(N[C@H](CO)c1cccc(Br)c1)NC12CC(C1)C(C(F)(F)F)C2. The second kappa shape index (κ2) is 6.22. The molecule has 1 aromatic carbocycles. The summed E-state index contributed by atoms with van der Waals surface area (Å²) in [6.45, 7) is -0.301. The molecule has 1 aromatic rings. The normalized spacial score (nSPS) is 29.7. The van der Waals surface area contributed by atoms with Crippen molar-refractivity contribution in [2.75, 3.05) is 6.61 Å². The van der Waals surface area contributed by atoms with E-state index in [1.807, 2.05) is 6.07 Å². The summed E-state index contributed by atoms with van der Waals surface area (Å²) in [5, 5.41) is 14.8. The Hall–Kier alpha value is -1.28. The summed E-state index contributed by atoms with van der Waals surface area (Å²) in [4.78, 5) is 12.2. The molecular weight excluding hydrogens is 389 g/mol. The Balaban J connectivity index is 1.60. The lowest BCUT2D eigenvalue weighted by Crippen LogP contribution is -2.55. The number of aliphatic hydroxyl groups is 1. The summed E-state index contributed by atoms with van der Waals surface area (Å²) in [6, 6.07) is 5.97. The first-order chi connectivity index (χ1) is 11.2. The highest BCUT2D eigenvalue weighted by Crippen LogP contribution is 2.60. The van der Waals surface area contributed by atoms with Crippen molar-refractivity contribution in [1.29, 1.82) is 0 Å². The molecule has 0 radical (unpaired) electrons. The van der Waals surface area contributed by atoms with Gasteiger partial charge in [-0.1, -0.05) is 28.1 Å². The highest BCUT2D eigenvalue weighted by Gasteiger charge is 2.64. The first-order valence-electron chi connectivity index (χ1n) is 7.74. The molecule has 0 aromatic heterocycles. The third kappa shape index (κ3) is 3.39. The van der Waals surface area contributed by atoms with Gasteiger partial charge < -0.3 is 15.7 Å². The Morgan fingerprint density at radius 1 is 1.38 bits per heavy atom. The molecule has 2 atom stereocenters. The van der Waals surface area contributed by atoms with Gasteiger partial charge in [0.25, 0.3) is 0 Å². The third-order valence-electron chi connectivity index (χ3n) is 5.02. The number of amides is 2. The number of hydrogen-bond acceptors (Lipinski definition) is 2. The van der Waals surface area contributed by atoms with Gasteiger partial charge in [-0.3, -0.25) is 0 Å². The lowest BCUT2D eigenvalue weighted by Gasteiger charge is -2.39. The Kier molecular flexibility index (Phi) is 4.55. The van der Waals surface area contributed by atoms with Crippen LogP contribution in [0, 0.1) is 11.8 Å². The number of nitrogens with one attached hydrogen (secondary N) is 2. The van der Waals surface area contributed by atoms with Crippen LogP contribution in [0.1, 0.15) is 30.9 Å². The van der Waals surface area contributed by atoms with E-state index in [0.29, 0.717) is 18.4 Å². The van der Waals surface area contributed by atoms with E-state index in [1.165, 1.54) is 0 Å². The molecule has 3 saturated carbocycles. The molecular formula is C16H18BrF3N2O2. The Morgan fingerprint density at radius 3 is 2.62 bits per heavy atom. The lowest BCUT2D eigenvalue weighted by molar-refractivity contribution is -0.180. The molecule has 3 fully saturated rings. The number of benzene rings is 1. The Bertz CT molecular complexity index is 632. The molecule has 0 spiro atoms. The van der Waals surface area contributed by atoms with E-state index in [-0.39, 0.29) is 18.9 Å². The van der Waals surface area contributed by atoms with E-state index in [1.54, 1.807) is 18.2 Å². The van der Waals surface area contributed by atoms with Gasteiger partial charge >= 0.3 is 12.2 Å². The zero-order valence-corrected chi connectivity index (χ0v) is 14.3. The van der Waals surface area contributed by atoms with E-state index < -0.39 is 29.7 Å². The standard InChI is InChI=1S/C16H18BrF3N2O2/c17-11-3-1-2-9(4-11)13(8-23)21-14(24)22-15-5-10(6-15)12(7-15)16(18,19)20/h1-4,10,12-13,23H,5-8H2,(H2,21,22,24)/t10?,12?,13-,15?/m1/s1. The van der Waals surface area contributed by atoms with Crippen LogP contribution < -0.4 is 10.6 Å². The van der Waals surface area contributed by atoms with E-state index >= 15 is 0 Å². The van der Waals surface area contributed by atoms with Gasteiger partial charge in [0.2, 0.25) is 0 Å². The molecule has 3 aliphatic carbocycles. The predicted molar refractivity (Wildman–Crippen MR) is 85.3 cm³/mol. The van der Waals surface area contributed by atoms with E-state index in [2.05, 4.69) is 26.6 Å². The summed E-state index contributed by atoms with van der Waals surface area (Å²) in [6.07, 6.45) is -3.53. The molecule has 0 heterocycles. The molecule has 4 rings (SSSR count). The quantitative estimate of drug-likeness (QED) is 0.716. The Labute approximate surface area is 145 Å². The number of halogens is 4. The van der Waals surface area contributed by atoms with E-state index in [0.717, 1.165) is 4.47 Å². The summed E-state index contributed by atoms with van der Waals surface area (Å²) in [5.41, 5.74) is -0.0442. The van der Waals surface area contributed by atoms with Crippen molar-refractivity contribution in [2.45, 2.75) is 37.0 Å². The number of alkyl halides is 3. The maximum absolute atomic E-state index is 12.9.